The number of hydrogen-bond donors (Lipinski definition) is 1. The molecule has 22 heavy (non-hydrogen) atoms. The third-order valence-corrected chi connectivity index (χ3v) is 3.85. The zero-order valence-electron chi connectivity index (χ0n) is 11.9. The second-order valence-corrected chi connectivity index (χ2v) is 5.26. The highest BCUT2D eigenvalue weighted by atomic mass is 16.2. The molecule has 0 aliphatic carbocycles. The lowest BCUT2D eigenvalue weighted by atomic mass is 10.1. The maximum Gasteiger partial charge on any atom is 0.265 e. The first-order valence-electron chi connectivity index (χ1n) is 7.15. The fraction of sp³-hybridized carbons (Fsp3) is 0.333. The van der Waals surface area contributed by atoms with Gasteiger partial charge in [-0.05, 0) is 30.5 Å². The van der Waals surface area contributed by atoms with Gasteiger partial charge in [0.2, 0.25) is 5.91 Å². The first-order chi connectivity index (χ1) is 10.6. The van der Waals surface area contributed by atoms with Crippen molar-refractivity contribution in [1.29, 1.82) is 0 Å². The summed E-state index contributed by atoms with van der Waals surface area (Å²) in [6, 6.07) is 6.11. The van der Waals surface area contributed by atoms with Crippen LogP contribution in [-0.2, 0) is 11.3 Å². The lowest BCUT2D eigenvalue weighted by Gasteiger charge is -2.25. The van der Waals surface area contributed by atoms with Crippen molar-refractivity contribution in [3.8, 4) is 0 Å². The number of likely N-dealkylation sites (tertiary alicyclic amines) is 1. The first-order valence-corrected chi connectivity index (χ1v) is 7.15. The number of hydrogen-bond acceptors (Lipinski definition) is 4. The van der Waals surface area contributed by atoms with Crippen molar-refractivity contribution in [2.24, 2.45) is 0 Å². The summed E-state index contributed by atoms with van der Waals surface area (Å²) >= 11 is 0. The Morgan fingerprint density at radius 3 is 2.77 bits per heavy atom. The summed E-state index contributed by atoms with van der Waals surface area (Å²) in [5.74, 6) is -0.178. The highest BCUT2D eigenvalue weighted by Crippen LogP contribution is 2.31. The Labute approximate surface area is 126 Å². The molecule has 0 bridgehead atoms. The standard InChI is InChI=1S/C15H16N4O3/c20-13-3-4-14(21)19(17-13)10-15(22)18-9-1-2-12(18)11-5-7-16-8-6-11/h3-8,12H,1-2,9-10H2,(H,17,20). The number of H-pyrrole nitrogens is 1. The van der Waals surface area contributed by atoms with Gasteiger partial charge < -0.3 is 4.90 Å². The van der Waals surface area contributed by atoms with Crippen molar-refractivity contribution < 1.29 is 4.79 Å². The molecular weight excluding hydrogens is 284 g/mol. The molecular formula is C15H16N4O3. The molecule has 0 radical (unpaired) electrons. The van der Waals surface area contributed by atoms with Gasteiger partial charge in [-0.2, -0.15) is 0 Å². The van der Waals surface area contributed by atoms with Crippen molar-refractivity contribution in [1.82, 2.24) is 19.7 Å². The summed E-state index contributed by atoms with van der Waals surface area (Å²) in [6.07, 6.45) is 5.21. The molecule has 1 amide bonds. The zero-order chi connectivity index (χ0) is 15.5. The van der Waals surface area contributed by atoms with Gasteiger partial charge in [0.05, 0.1) is 6.04 Å². The highest BCUT2D eigenvalue weighted by molar-refractivity contribution is 5.76. The summed E-state index contributed by atoms with van der Waals surface area (Å²) in [5, 5.41) is 2.38. The van der Waals surface area contributed by atoms with Crippen LogP contribution < -0.4 is 11.1 Å². The van der Waals surface area contributed by atoms with E-state index < -0.39 is 11.1 Å². The van der Waals surface area contributed by atoms with Gasteiger partial charge in [0.15, 0.2) is 0 Å². The lowest BCUT2D eigenvalue weighted by Crippen LogP contribution is -2.38. The Bertz CT molecular complexity index is 781. The molecule has 1 unspecified atom stereocenters. The molecule has 7 heteroatoms. The molecule has 0 aromatic carbocycles. The number of nitrogens with zero attached hydrogens (tertiary/aromatic N) is 3. The van der Waals surface area contributed by atoms with Crippen LogP contribution in [0.4, 0.5) is 0 Å². The number of carbonyl (C=O) groups excluding carboxylic acids is 1. The first kappa shape index (κ1) is 14.2. The molecule has 7 nitrogen and oxygen atoms in total. The van der Waals surface area contributed by atoms with Crippen LogP contribution in [-0.4, -0.2) is 32.1 Å². The largest absolute Gasteiger partial charge is 0.334 e. The molecule has 114 valence electrons. The van der Waals surface area contributed by atoms with Gasteiger partial charge in [0, 0.05) is 31.1 Å². The van der Waals surface area contributed by atoms with E-state index in [4.69, 9.17) is 0 Å². The van der Waals surface area contributed by atoms with E-state index in [1.54, 1.807) is 17.3 Å². The lowest BCUT2D eigenvalue weighted by molar-refractivity contribution is -0.133. The molecule has 1 N–H and O–H groups in total. The van der Waals surface area contributed by atoms with Gasteiger partial charge in [-0.15, -0.1) is 0 Å². The number of aromatic amines is 1. The van der Waals surface area contributed by atoms with Gasteiger partial charge in [-0.25, -0.2) is 4.68 Å². The van der Waals surface area contributed by atoms with E-state index in [9.17, 15) is 14.4 Å². The van der Waals surface area contributed by atoms with Crippen LogP contribution in [0.3, 0.4) is 0 Å². The second-order valence-electron chi connectivity index (χ2n) is 5.26. The molecule has 2 aromatic rings. The Balaban J connectivity index is 1.81. The van der Waals surface area contributed by atoms with E-state index in [-0.39, 0.29) is 18.5 Å². The van der Waals surface area contributed by atoms with Crippen LogP contribution in [0.25, 0.3) is 0 Å². The number of amides is 1. The van der Waals surface area contributed by atoms with Crippen molar-refractivity contribution >= 4 is 5.91 Å². The smallest absolute Gasteiger partial charge is 0.265 e. The molecule has 2 aromatic heterocycles. The average molecular weight is 300 g/mol. The van der Waals surface area contributed by atoms with Crippen LogP contribution in [0, 0.1) is 0 Å². The molecule has 1 fully saturated rings. The van der Waals surface area contributed by atoms with Crippen molar-refractivity contribution in [3.05, 3.63) is 62.9 Å². The number of rotatable bonds is 3. The molecule has 3 rings (SSSR count). The Morgan fingerprint density at radius 1 is 1.23 bits per heavy atom. The minimum absolute atomic E-state index is 0.00152. The third-order valence-electron chi connectivity index (χ3n) is 3.85. The average Bonchev–Trinajstić information content (AvgIpc) is 3.01. The van der Waals surface area contributed by atoms with Gasteiger partial charge in [0.1, 0.15) is 6.54 Å². The van der Waals surface area contributed by atoms with E-state index in [1.807, 2.05) is 12.1 Å². The van der Waals surface area contributed by atoms with Crippen LogP contribution in [0.5, 0.6) is 0 Å². The molecule has 1 aliphatic rings. The Kier molecular flexibility index (Phi) is 3.86. The van der Waals surface area contributed by atoms with Crippen molar-refractivity contribution in [2.45, 2.75) is 25.4 Å². The van der Waals surface area contributed by atoms with Gasteiger partial charge >= 0.3 is 0 Å². The maximum atomic E-state index is 12.5. The predicted molar refractivity (Wildman–Crippen MR) is 79.2 cm³/mol. The molecule has 1 saturated heterocycles. The summed E-state index contributed by atoms with van der Waals surface area (Å²) in [6.45, 7) is 0.494. The molecule has 3 heterocycles. The summed E-state index contributed by atoms with van der Waals surface area (Å²) in [5.41, 5.74) is 0.238. The Hall–Kier alpha value is -2.70. The zero-order valence-corrected chi connectivity index (χ0v) is 11.9. The molecule has 1 atom stereocenters. The predicted octanol–water partition coefficient (Wildman–Crippen LogP) is 0.295. The number of nitrogens with one attached hydrogen (secondary N) is 1. The van der Waals surface area contributed by atoms with E-state index in [2.05, 4.69) is 10.1 Å². The van der Waals surface area contributed by atoms with Crippen LogP contribution in [0.1, 0.15) is 24.4 Å². The van der Waals surface area contributed by atoms with E-state index in [1.165, 1.54) is 0 Å². The monoisotopic (exact) mass is 300 g/mol. The maximum absolute atomic E-state index is 12.5. The fourth-order valence-electron chi connectivity index (χ4n) is 2.80. The minimum Gasteiger partial charge on any atom is -0.334 e. The number of carbonyl (C=O) groups is 1. The van der Waals surface area contributed by atoms with Gasteiger partial charge in [0.25, 0.3) is 11.1 Å². The SMILES string of the molecule is O=C(Cn1[nH]c(=O)ccc1=O)N1CCCC1c1ccncc1. The number of pyridine rings is 1. The quantitative estimate of drug-likeness (QED) is 0.883. The van der Waals surface area contributed by atoms with E-state index in [0.29, 0.717) is 6.54 Å². The number of aromatic nitrogens is 3. The molecule has 0 saturated carbocycles. The third kappa shape index (κ3) is 2.83. The normalized spacial score (nSPS) is 17.6. The fourth-order valence-corrected chi connectivity index (χ4v) is 2.80. The second kappa shape index (κ2) is 5.97. The van der Waals surface area contributed by atoms with Crippen LogP contribution in [0.15, 0.2) is 46.2 Å². The van der Waals surface area contributed by atoms with Crippen LogP contribution in [0.2, 0.25) is 0 Å². The van der Waals surface area contributed by atoms with E-state index >= 15 is 0 Å². The summed E-state index contributed by atoms with van der Waals surface area (Å²) < 4.78 is 1.05. The minimum atomic E-state index is -0.403. The van der Waals surface area contributed by atoms with Gasteiger partial charge in [-0.1, -0.05) is 0 Å². The summed E-state index contributed by atoms with van der Waals surface area (Å²) in [7, 11) is 0. The molecule has 1 aliphatic heterocycles. The highest BCUT2D eigenvalue weighted by Gasteiger charge is 2.30. The van der Waals surface area contributed by atoms with Gasteiger partial charge in [-0.3, -0.25) is 24.5 Å². The summed E-state index contributed by atoms with van der Waals surface area (Å²) in [4.78, 5) is 41.2. The van der Waals surface area contributed by atoms with E-state index in [0.717, 1.165) is 35.2 Å². The topological polar surface area (TPSA) is 88.1 Å². The van der Waals surface area contributed by atoms with Crippen molar-refractivity contribution in [3.63, 3.8) is 0 Å². The molecule has 0 spiro atoms. The van der Waals surface area contributed by atoms with Crippen molar-refractivity contribution in [2.75, 3.05) is 6.54 Å². The van der Waals surface area contributed by atoms with Crippen LogP contribution >= 0.6 is 0 Å². The Morgan fingerprint density at radius 2 is 2.00 bits per heavy atom.